The van der Waals surface area contributed by atoms with Crippen LogP contribution < -0.4 is 4.74 Å². The predicted molar refractivity (Wildman–Crippen MR) is 72.1 cm³/mol. The van der Waals surface area contributed by atoms with Crippen molar-refractivity contribution in [2.24, 2.45) is 5.41 Å². The monoisotopic (exact) mass is 261 g/mol. The number of carboxylic acids is 1. The molecule has 0 aliphatic carbocycles. The topological polar surface area (TPSA) is 70.3 Å². The van der Waals surface area contributed by atoms with Gasteiger partial charge < -0.3 is 9.84 Å². The fourth-order valence-electron chi connectivity index (χ4n) is 1.63. The Kier molecular flexibility index (Phi) is 5.37. The van der Waals surface area contributed by atoms with Crippen molar-refractivity contribution in [3.8, 4) is 11.8 Å². The van der Waals surface area contributed by atoms with Crippen molar-refractivity contribution < 1.29 is 14.6 Å². The van der Waals surface area contributed by atoms with Crippen molar-refractivity contribution in [1.82, 2.24) is 0 Å². The van der Waals surface area contributed by atoms with Crippen molar-refractivity contribution in [2.75, 3.05) is 6.61 Å². The summed E-state index contributed by atoms with van der Waals surface area (Å²) in [5.41, 5.74) is -0.0634. The number of rotatable bonds is 7. The third-order valence-electron chi connectivity index (χ3n) is 2.85. The van der Waals surface area contributed by atoms with Gasteiger partial charge in [-0.25, -0.2) is 4.79 Å². The van der Waals surface area contributed by atoms with Crippen molar-refractivity contribution >= 4 is 5.97 Å². The molecular formula is C15H19NO3. The second-order valence-electron chi connectivity index (χ2n) is 5.13. The second-order valence-corrected chi connectivity index (χ2v) is 5.13. The van der Waals surface area contributed by atoms with Gasteiger partial charge in [-0.3, -0.25) is 0 Å². The Balaban J connectivity index is 2.32. The average molecular weight is 261 g/mol. The molecule has 1 aromatic carbocycles. The lowest BCUT2D eigenvalue weighted by Gasteiger charge is -2.14. The fourth-order valence-corrected chi connectivity index (χ4v) is 1.63. The molecule has 19 heavy (non-hydrogen) atoms. The molecule has 0 amide bonds. The molecular weight excluding hydrogens is 242 g/mol. The Morgan fingerprint density at radius 2 is 2.16 bits per heavy atom. The maximum atomic E-state index is 10.8. The largest absolute Gasteiger partial charge is 0.494 e. The summed E-state index contributed by atoms with van der Waals surface area (Å²) in [5, 5.41) is 17.7. The summed E-state index contributed by atoms with van der Waals surface area (Å²) in [6.45, 7) is 4.37. The first-order valence-corrected chi connectivity index (χ1v) is 6.32. The van der Waals surface area contributed by atoms with Gasteiger partial charge in [-0.05, 0) is 51.3 Å². The van der Waals surface area contributed by atoms with Gasteiger partial charge in [-0.2, -0.15) is 5.26 Å². The Labute approximate surface area is 113 Å². The fraction of sp³-hybridized carbons (Fsp3) is 0.467. The molecule has 0 fully saturated rings. The van der Waals surface area contributed by atoms with Crippen LogP contribution in [-0.4, -0.2) is 17.7 Å². The number of benzene rings is 1. The average Bonchev–Trinajstić information content (AvgIpc) is 2.38. The van der Waals surface area contributed by atoms with Crippen LogP contribution in [0.4, 0.5) is 0 Å². The van der Waals surface area contributed by atoms with Gasteiger partial charge in [-0.15, -0.1) is 0 Å². The van der Waals surface area contributed by atoms with E-state index in [1.807, 2.05) is 13.8 Å². The quantitative estimate of drug-likeness (QED) is 0.763. The van der Waals surface area contributed by atoms with E-state index in [-0.39, 0.29) is 11.0 Å². The summed E-state index contributed by atoms with van der Waals surface area (Å²) in [6, 6.07) is 8.72. The van der Waals surface area contributed by atoms with Crippen molar-refractivity contribution in [3.63, 3.8) is 0 Å². The molecule has 0 spiro atoms. The molecule has 0 aromatic heterocycles. The first-order valence-electron chi connectivity index (χ1n) is 6.32. The van der Waals surface area contributed by atoms with Gasteiger partial charge in [0.15, 0.2) is 0 Å². The maximum Gasteiger partial charge on any atom is 0.335 e. The highest BCUT2D eigenvalue weighted by Gasteiger charge is 2.15. The zero-order chi connectivity index (χ0) is 14.3. The lowest BCUT2D eigenvalue weighted by atomic mass is 9.89. The van der Waals surface area contributed by atoms with Gasteiger partial charge in [0, 0.05) is 0 Å². The van der Waals surface area contributed by atoms with Crippen molar-refractivity contribution in [2.45, 2.75) is 33.1 Å². The third-order valence-corrected chi connectivity index (χ3v) is 2.85. The van der Waals surface area contributed by atoms with E-state index in [4.69, 9.17) is 15.1 Å². The molecule has 0 unspecified atom stereocenters. The molecule has 1 rings (SSSR count). The maximum absolute atomic E-state index is 10.8. The molecule has 4 nitrogen and oxygen atoms in total. The van der Waals surface area contributed by atoms with Crippen LogP contribution in [-0.2, 0) is 0 Å². The second kappa shape index (κ2) is 6.79. The van der Waals surface area contributed by atoms with E-state index >= 15 is 0 Å². The number of unbranched alkanes of at least 4 members (excludes halogenated alkanes) is 1. The SMILES string of the molecule is CC(C)(C#N)CCCCOc1cccc(C(=O)O)c1. The smallest absolute Gasteiger partial charge is 0.335 e. The van der Waals surface area contributed by atoms with E-state index in [0.717, 1.165) is 19.3 Å². The number of aromatic carboxylic acids is 1. The minimum Gasteiger partial charge on any atom is -0.494 e. The Morgan fingerprint density at radius 3 is 2.79 bits per heavy atom. The van der Waals surface area contributed by atoms with E-state index in [9.17, 15) is 4.79 Å². The van der Waals surface area contributed by atoms with Crippen LogP contribution in [0, 0.1) is 16.7 Å². The first kappa shape index (κ1) is 15.0. The van der Waals surface area contributed by atoms with Gasteiger partial charge >= 0.3 is 5.97 Å². The molecule has 4 heteroatoms. The Bertz CT molecular complexity index is 475. The molecule has 102 valence electrons. The Morgan fingerprint density at radius 1 is 1.42 bits per heavy atom. The zero-order valence-electron chi connectivity index (χ0n) is 11.3. The molecule has 1 aromatic rings. The van der Waals surface area contributed by atoms with E-state index in [0.29, 0.717) is 12.4 Å². The summed E-state index contributed by atoms with van der Waals surface area (Å²) in [4.78, 5) is 10.8. The first-order chi connectivity index (χ1) is 8.94. The van der Waals surface area contributed by atoms with Crippen LogP contribution in [0.5, 0.6) is 5.75 Å². The van der Waals surface area contributed by atoms with Gasteiger partial charge in [0.2, 0.25) is 0 Å². The number of hydrogen-bond donors (Lipinski definition) is 1. The van der Waals surface area contributed by atoms with E-state index in [1.165, 1.54) is 12.1 Å². The summed E-state index contributed by atoms with van der Waals surface area (Å²) in [7, 11) is 0. The molecule has 0 radical (unpaired) electrons. The van der Waals surface area contributed by atoms with E-state index in [1.54, 1.807) is 12.1 Å². The lowest BCUT2D eigenvalue weighted by Crippen LogP contribution is -2.08. The molecule has 0 bridgehead atoms. The summed E-state index contributed by atoms with van der Waals surface area (Å²) in [5.74, 6) is -0.388. The normalized spacial score (nSPS) is 10.8. The predicted octanol–water partition coefficient (Wildman–Crippen LogP) is 3.48. The highest BCUT2D eigenvalue weighted by Crippen LogP contribution is 2.21. The number of carbonyl (C=O) groups is 1. The van der Waals surface area contributed by atoms with E-state index < -0.39 is 5.97 Å². The van der Waals surface area contributed by atoms with Crippen LogP contribution in [0.1, 0.15) is 43.5 Å². The number of hydrogen-bond acceptors (Lipinski definition) is 3. The van der Waals surface area contributed by atoms with Crippen molar-refractivity contribution in [1.29, 1.82) is 5.26 Å². The standard InChI is InChI=1S/C15H19NO3/c1-15(2,11-16)8-3-4-9-19-13-7-5-6-12(10-13)14(17)18/h5-7,10H,3-4,8-9H2,1-2H3,(H,17,18). The highest BCUT2D eigenvalue weighted by atomic mass is 16.5. The molecule has 0 saturated carbocycles. The van der Waals surface area contributed by atoms with Gasteiger partial charge in [-0.1, -0.05) is 6.07 Å². The minimum absolute atomic E-state index is 0.225. The van der Waals surface area contributed by atoms with Crippen LogP contribution in [0.15, 0.2) is 24.3 Å². The lowest BCUT2D eigenvalue weighted by molar-refractivity contribution is 0.0696. The molecule has 0 aliphatic rings. The minimum atomic E-state index is -0.957. The number of ether oxygens (including phenoxy) is 1. The number of nitriles is 1. The number of carboxylic acid groups (broad SMARTS) is 1. The van der Waals surface area contributed by atoms with Gasteiger partial charge in [0.25, 0.3) is 0 Å². The number of nitrogens with zero attached hydrogens (tertiary/aromatic N) is 1. The summed E-state index contributed by atoms with van der Waals surface area (Å²) >= 11 is 0. The van der Waals surface area contributed by atoms with Crippen LogP contribution in [0.25, 0.3) is 0 Å². The molecule has 0 aliphatic heterocycles. The molecule has 0 saturated heterocycles. The van der Waals surface area contributed by atoms with Crippen molar-refractivity contribution in [3.05, 3.63) is 29.8 Å². The molecule has 0 heterocycles. The van der Waals surface area contributed by atoms with Gasteiger partial charge in [0.1, 0.15) is 5.75 Å². The summed E-state index contributed by atoms with van der Waals surface area (Å²) in [6.07, 6.45) is 2.60. The van der Waals surface area contributed by atoms with Crippen LogP contribution in [0.3, 0.4) is 0 Å². The van der Waals surface area contributed by atoms with Crippen LogP contribution in [0.2, 0.25) is 0 Å². The van der Waals surface area contributed by atoms with Crippen LogP contribution >= 0.6 is 0 Å². The van der Waals surface area contributed by atoms with Gasteiger partial charge in [0.05, 0.1) is 23.7 Å². The highest BCUT2D eigenvalue weighted by molar-refractivity contribution is 5.87. The Hall–Kier alpha value is -2.02. The zero-order valence-corrected chi connectivity index (χ0v) is 11.3. The summed E-state index contributed by atoms with van der Waals surface area (Å²) < 4.78 is 5.50. The molecule has 0 atom stereocenters. The van der Waals surface area contributed by atoms with E-state index in [2.05, 4.69) is 6.07 Å². The third kappa shape index (κ3) is 5.43. The molecule has 1 N–H and O–H groups in total.